The molecular weight excluding hydrogens is 364 g/mol. The Bertz CT molecular complexity index is 866. The number of carbonyl (C=O) groups excluding carboxylic acids is 1. The van der Waals surface area contributed by atoms with Crippen LogP contribution >= 0.6 is 11.6 Å². The zero-order valence-corrected chi connectivity index (χ0v) is 16.3. The van der Waals surface area contributed by atoms with E-state index in [-0.39, 0.29) is 5.91 Å². The van der Waals surface area contributed by atoms with Gasteiger partial charge in [0.05, 0.1) is 19.1 Å². The number of hydrogen-bond donors (Lipinski definition) is 1. The maximum absolute atomic E-state index is 12.4. The number of imidazole rings is 1. The molecule has 27 heavy (non-hydrogen) atoms. The van der Waals surface area contributed by atoms with Crippen molar-refractivity contribution in [1.82, 2.24) is 14.5 Å². The SMILES string of the molecule is C[C@H]1[C@H]2C[C@@H](OCCC(=O)Nc3nc4ccc(Cl)nc4n3C3CCC3)C[C@@H]12. The Morgan fingerprint density at radius 2 is 2.07 bits per heavy atom. The number of rotatable bonds is 6. The summed E-state index contributed by atoms with van der Waals surface area (Å²) in [5.74, 6) is 3.13. The molecule has 3 aliphatic rings. The maximum atomic E-state index is 12.4. The van der Waals surface area contributed by atoms with Crippen LogP contribution in [-0.4, -0.2) is 33.2 Å². The van der Waals surface area contributed by atoms with Crippen molar-refractivity contribution in [2.45, 2.75) is 57.6 Å². The molecule has 2 heterocycles. The fourth-order valence-corrected chi connectivity index (χ4v) is 4.93. The number of ether oxygens (including phenoxy) is 1. The summed E-state index contributed by atoms with van der Waals surface area (Å²) >= 11 is 6.07. The Morgan fingerprint density at radius 1 is 1.30 bits per heavy atom. The third-order valence-electron chi connectivity index (χ3n) is 6.71. The number of halogens is 1. The second-order valence-corrected chi connectivity index (χ2v) is 8.70. The molecule has 5 rings (SSSR count). The quantitative estimate of drug-likeness (QED) is 0.753. The van der Waals surface area contributed by atoms with Crippen LogP contribution in [0.1, 0.15) is 51.5 Å². The summed E-state index contributed by atoms with van der Waals surface area (Å²) in [6, 6.07) is 3.92. The van der Waals surface area contributed by atoms with Gasteiger partial charge in [-0.3, -0.25) is 14.7 Å². The molecule has 7 heteroatoms. The lowest BCUT2D eigenvalue weighted by atomic mass is 9.93. The average molecular weight is 389 g/mol. The summed E-state index contributed by atoms with van der Waals surface area (Å²) in [7, 11) is 0. The Labute approximate surface area is 163 Å². The van der Waals surface area contributed by atoms with Crippen molar-refractivity contribution in [3.63, 3.8) is 0 Å². The predicted octanol–water partition coefficient (Wildman–Crippen LogP) is 4.20. The molecule has 0 spiro atoms. The van der Waals surface area contributed by atoms with Gasteiger partial charge in [0.15, 0.2) is 5.65 Å². The number of pyridine rings is 1. The van der Waals surface area contributed by atoms with Gasteiger partial charge >= 0.3 is 0 Å². The van der Waals surface area contributed by atoms with E-state index in [0.717, 1.165) is 54.6 Å². The Morgan fingerprint density at radius 3 is 2.78 bits per heavy atom. The smallest absolute Gasteiger partial charge is 0.229 e. The molecule has 0 unspecified atom stereocenters. The van der Waals surface area contributed by atoms with Gasteiger partial charge in [0.2, 0.25) is 11.9 Å². The number of hydrogen-bond acceptors (Lipinski definition) is 4. The van der Waals surface area contributed by atoms with Crippen LogP contribution in [0.2, 0.25) is 5.15 Å². The first-order valence-electron chi connectivity index (χ1n) is 10.1. The second-order valence-electron chi connectivity index (χ2n) is 8.32. The van der Waals surface area contributed by atoms with Gasteiger partial charge in [0.25, 0.3) is 0 Å². The van der Waals surface area contributed by atoms with Crippen LogP contribution in [0.15, 0.2) is 12.1 Å². The number of nitrogens with zero attached hydrogens (tertiary/aromatic N) is 3. The van der Waals surface area contributed by atoms with E-state index < -0.39 is 0 Å². The van der Waals surface area contributed by atoms with Crippen molar-refractivity contribution in [2.24, 2.45) is 17.8 Å². The molecule has 0 bridgehead atoms. The average Bonchev–Trinajstić information content (AvgIpc) is 2.96. The molecule has 3 saturated carbocycles. The third kappa shape index (κ3) is 3.23. The molecule has 3 aliphatic carbocycles. The zero-order valence-electron chi connectivity index (χ0n) is 15.5. The van der Waals surface area contributed by atoms with E-state index in [0.29, 0.717) is 36.3 Å². The van der Waals surface area contributed by atoms with Crippen LogP contribution in [0.5, 0.6) is 0 Å². The van der Waals surface area contributed by atoms with Gasteiger partial charge in [-0.2, -0.15) is 0 Å². The van der Waals surface area contributed by atoms with E-state index in [1.54, 1.807) is 6.07 Å². The largest absolute Gasteiger partial charge is 0.378 e. The van der Waals surface area contributed by atoms with E-state index in [1.807, 2.05) is 10.6 Å². The van der Waals surface area contributed by atoms with Gasteiger partial charge in [-0.15, -0.1) is 0 Å². The number of anilines is 1. The summed E-state index contributed by atoms with van der Waals surface area (Å²) in [4.78, 5) is 21.4. The van der Waals surface area contributed by atoms with Gasteiger partial charge in [0.1, 0.15) is 10.7 Å². The molecule has 2 aromatic rings. The van der Waals surface area contributed by atoms with Gasteiger partial charge in [-0.25, -0.2) is 9.97 Å². The molecule has 4 atom stereocenters. The van der Waals surface area contributed by atoms with Gasteiger partial charge < -0.3 is 4.74 Å². The normalized spacial score (nSPS) is 29.6. The van der Waals surface area contributed by atoms with E-state index in [9.17, 15) is 4.79 Å². The first kappa shape index (κ1) is 17.4. The summed E-state index contributed by atoms with van der Waals surface area (Å²) in [5, 5.41) is 3.41. The van der Waals surface area contributed by atoms with Crippen LogP contribution in [0.3, 0.4) is 0 Å². The summed E-state index contributed by atoms with van der Waals surface area (Å²) in [5.41, 5.74) is 1.51. The highest BCUT2D eigenvalue weighted by molar-refractivity contribution is 6.29. The van der Waals surface area contributed by atoms with E-state index in [1.165, 1.54) is 6.42 Å². The first-order chi connectivity index (χ1) is 13.1. The second kappa shape index (κ2) is 6.74. The summed E-state index contributed by atoms with van der Waals surface area (Å²) in [6.45, 7) is 2.80. The highest BCUT2D eigenvalue weighted by atomic mass is 35.5. The Balaban J connectivity index is 1.22. The van der Waals surface area contributed by atoms with Crippen molar-refractivity contribution in [3.8, 4) is 0 Å². The van der Waals surface area contributed by atoms with Crippen molar-refractivity contribution < 1.29 is 9.53 Å². The molecule has 3 fully saturated rings. The fraction of sp³-hybridized carbons (Fsp3) is 0.650. The van der Waals surface area contributed by atoms with Crippen molar-refractivity contribution in [2.75, 3.05) is 11.9 Å². The maximum Gasteiger partial charge on any atom is 0.229 e. The zero-order chi connectivity index (χ0) is 18.5. The number of carbonyl (C=O) groups is 1. The predicted molar refractivity (Wildman–Crippen MR) is 104 cm³/mol. The minimum atomic E-state index is -0.0616. The van der Waals surface area contributed by atoms with E-state index >= 15 is 0 Å². The topological polar surface area (TPSA) is 69.0 Å². The number of fused-ring (bicyclic) bond motifs is 2. The molecule has 0 aliphatic heterocycles. The van der Waals surface area contributed by atoms with Gasteiger partial charge in [0, 0.05) is 6.04 Å². The Kier molecular flexibility index (Phi) is 4.36. The van der Waals surface area contributed by atoms with Crippen molar-refractivity contribution >= 4 is 34.6 Å². The lowest BCUT2D eigenvalue weighted by Gasteiger charge is -2.28. The molecule has 2 aromatic heterocycles. The number of amides is 1. The van der Waals surface area contributed by atoms with E-state index in [4.69, 9.17) is 16.3 Å². The minimum absolute atomic E-state index is 0.0616. The molecule has 1 N–H and O–H groups in total. The van der Waals surface area contributed by atoms with E-state index in [2.05, 4.69) is 22.2 Å². The van der Waals surface area contributed by atoms with Crippen LogP contribution in [0.4, 0.5) is 5.95 Å². The fourth-order valence-electron chi connectivity index (χ4n) is 4.79. The highest BCUT2D eigenvalue weighted by Gasteiger charge is 2.53. The molecule has 0 radical (unpaired) electrons. The lowest BCUT2D eigenvalue weighted by Crippen LogP contribution is -2.23. The third-order valence-corrected chi connectivity index (χ3v) is 6.92. The first-order valence-corrected chi connectivity index (χ1v) is 10.4. The summed E-state index contributed by atoms with van der Waals surface area (Å²) < 4.78 is 7.96. The molecule has 0 aromatic carbocycles. The molecule has 144 valence electrons. The van der Waals surface area contributed by atoms with Crippen LogP contribution in [-0.2, 0) is 9.53 Å². The lowest BCUT2D eigenvalue weighted by molar-refractivity contribution is -0.117. The van der Waals surface area contributed by atoms with Crippen LogP contribution in [0.25, 0.3) is 11.2 Å². The minimum Gasteiger partial charge on any atom is -0.378 e. The van der Waals surface area contributed by atoms with Crippen LogP contribution in [0, 0.1) is 17.8 Å². The highest BCUT2D eigenvalue weighted by Crippen LogP contribution is 2.57. The van der Waals surface area contributed by atoms with Gasteiger partial charge in [-0.05, 0) is 62.0 Å². The van der Waals surface area contributed by atoms with Gasteiger partial charge in [-0.1, -0.05) is 18.5 Å². The molecule has 0 saturated heterocycles. The summed E-state index contributed by atoms with van der Waals surface area (Å²) in [6.07, 6.45) is 6.36. The number of aromatic nitrogens is 3. The Hall–Kier alpha value is -1.66. The molecular formula is C20H25ClN4O2. The standard InChI is InChI=1S/C20H25ClN4O2/c1-11-14-9-13(10-15(11)14)27-8-7-18(26)24-20-22-16-5-6-17(21)23-19(16)25(20)12-3-2-4-12/h5-6,11-15H,2-4,7-10H2,1H3,(H,22,24,26)/t11-,13+,14+,15-. The van der Waals surface area contributed by atoms with Crippen LogP contribution < -0.4 is 5.32 Å². The monoisotopic (exact) mass is 388 g/mol. The number of nitrogens with one attached hydrogen (secondary N) is 1. The van der Waals surface area contributed by atoms with Crippen molar-refractivity contribution in [1.29, 1.82) is 0 Å². The molecule has 1 amide bonds. The molecule has 6 nitrogen and oxygen atoms in total. The van der Waals surface area contributed by atoms with Crippen molar-refractivity contribution in [3.05, 3.63) is 17.3 Å².